The number of nitrogens with zero attached hydrogens (tertiary/aromatic N) is 4. The number of rotatable bonds is 10. The van der Waals surface area contributed by atoms with E-state index in [1.165, 1.54) is 16.5 Å². The van der Waals surface area contributed by atoms with Gasteiger partial charge in [0.05, 0.1) is 12.1 Å². The number of anilines is 1. The minimum Gasteiger partial charge on any atom is -0.383 e. The fraction of sp³-hybridized carbons (Fsp3) is 0.250. The highest BCUT2D eigenvalue weighted by Crippen LogP contribution is 2.30. The molecule has 0 aliphatic heterocycles. The quantitative estimate of drug-likeness (QED) is 0.265. The number of aryl methyl sites for hydroxylation is 1. The molecule has 0 saturated carbocycles. The minimum atomic E-state index is -0.998. The van der Waals surface area contributed by atoms with E-state index in [0.717, 1.165) is 5.56 Å². The Labute approximate surface area is 215 Å². The van der Waals surface area contributed by atoms with Gasteiger partial charge in [-0.05, 0) is 43.7 Å². The molecule has 4 aromatic rings. The van der Waals surface area contributed by atoms with Gasteiger partial charge in [-0.3, -0.25) is 19.3 Å². The first-order chi connectivity index (χ1) is 17.9. The predicted molar refractivity (Wildman–Crippen MR) is 140 cm³/mol. The summed E-state index contributed by atoms with van der Waals surface area (Å²) in [5.41, 5.74) is 3.87. The normalized spacial score (nSPS) is 11.8. The molecule has 1 atom stereocenters. The van der Waals surface area contributed by atoms with Crippen LogP contribution < -0.4 is 10.2 Å². The second kappa shape index (κ2) is 11.6. The van der Waals surface area contributed by atoms with Crippen LogP contribution in [0.3, 0.4) is 0 Å². The molecule has 0 fully saturated rings. The second-order valence-electron chi connectivity index (χ2n) is 8.70. The van der Waals surface area contributed by atoms with Crippen molar-refractivity contribution in [3.05, 3.63) is 89.5 Å². The highest BCUT2D eigenvalue weighted by atomic mass is 16.5. The lowest BCUT2D eigenvalue weighted by molar-refractivity contribution is -0.127. The molecule has 0 radical (unpaired) electrons. The molecule has 9 nitrogen and oxygen atoms in total. The molecule has 0 bridgehead atoms. The SMILES string of the molecule is COCCNC(=O)C(c1ccc(C)cc1)N(C(=O)Cn1nnc2ccccc21)c1cccc(C(C)=O)c1. The summed E-state index contributed by atoms with van der Waals surface area (Å²) in [6.07, 6.45) is 0. The number of hydrogen-bond donors (Lipinski definition) is 1. The topological polar surface area (TPSA) is 106 Å². The molecule has 3 aromatic carbocycles. The number of benzene rings is 3. The molecule has 0 spiro atoms. The average Bonchev–Trinajstić information content (AvgIpc) is 3.30. The summed E-state index contributed by atoms with van der Waals surface area (Å²) in [5, 5.41) is 11.2. The number of hydrogen-bond acceptors (Lipinski definition) is 6. The molecular weight excluding hydrogens is 470 g/mol. The summed E-state index contributed by atoms with van der Waals surface area (Å²) in [5.74, 6) is -0.900. The number of amides is 2. The first-order valence-electron chi connectivity index (χ1n) is 11.9. The Morgan fingerprint density at radius 1 is 1.03 bits per heavy atom. The Balaban J connectivity index is 1.81. The van der Waals surface area contributed by atoms with Gasteiger partial charge in [0.15, 0.2) is 5.78 Å². The van der Waals surface area contributed by atoms with Crippen LogP contribution in [-0.4, -0.2) is 52.9 Å². The number of fused-ring (bicyclic) bond motifs is 1. The third kappa shape index (κ3) is 5.90. The minimum absolute atomic E-state index is 0.145. The standard InChI is InChI=1S/C28H29N5O4/c1-19-11-13-21(14-12-19)27(28(36)29-15-16-37-3)33(23-8-6-7-22(17-23)20(2)34)26(35)18-32-25-10-5-4-9-24(25)30-31-32/h4-14,17,27H,15-16,18H2,1-3H3,(H,29,36). The van der Waals surface area contributed by atoms with Crippen molar-refractivity contribution in [1.82, 2.24) is 20.3 Å². The van der Waals surface area contributed by atoms with Crippen LogP contribution in [0.25, 0.3) is 11.0 Å². The lowest BCUT2D eigenvalue weighted by Crippen LogP contribution is -2.46. The molecule has 0 aliphatic rings. The number of carbonyl (C=O) groups excluding carboxylic acids is 3. The lowest BCUT2D eigenvalue weighted by Gasteiger charge is -2.32. The zero-order chi connectivity index (χ0) is 26.4. The maximum atomic E-state index is 14.0. The fourth-order valence-corrected chi connectivity index (χ4v) is 4.09. The third-order valence-electron chi connectivity index (χ3n) is 6.01. The molecular formula is C28H29N5O4. The van der Waals surface area contributed by atoms with Crippen molar-refractivity contribution >= 4 is 34.3 Å². The van der Waals surface area contributed by atoms with Gasteiger partial charge < -0.3 is 10.1 Å². The first kappa shape index (κ1) is 25.7. The van der Waals surface area contributed by atoms with E-state index >= 15 is 0 Å². The van der Waals surface area contributed by atoms with Crippen LogP contribution in [0.2, 0.25) is 0 Å². The summed E-state index contributed by atoms with van der Waals surface area (Å²) in [6, 6.07) is 20.5. The molecule has 1 heterocycles. The number of methoxy groups -OCH3 is 1. The van der Waals surface area contributed by atoms with Gasteiger partial charge in [0.2, 0.25) is 11.8 Å². The number of Topliss-reactive ketones (excluding diaryl/α,β-unsaturated/α-hetero) is 1. The van der Waals surface area contributed by atoms with Crippen molar-refractivity contribution in [3.8, 4) is 0 Å². The molecule has 2 amide bonds. The van der Waals surface area contributed by atoms with Crippen LogP contribution in [0, 0.1) is 6.92 Å². The van der Waals surface area contributed by atoms with Crippen LogP contribution in [-0.2, 0) is 20.9 Å². The summed E-state index contributed by atoms with van der Waals surface area (Å²) < 4.78 is 6.60. The smallest absolute Gasteiger partial charge is 0.249 e. The van der Waals surface area contributed by atoms with Crippen LogP contribution in [0.4, 0.5) is 5.69 Å². The van der Waals surface area contributed by atoms with Gasteiger partial charge in [0.1, 0.15) is 18.1 Å². The lowest BCUT2D eigenvalue weighted by atomic mass is 10.0. The molecule has 9 heteroatoms. The van der Waals surface area contributed by atoms with Crippen molar-refractivity contribution < 1.29 is 19.1 Å². The fourth-order valence-electron chi connectivity index (χ4n) is 4.09. The van der Waals surface area contributed by atoms with Crippen molar-refractivity contribution in [1.29, 1.82) is 0 Å². The van der Waals surface area contributed by atoms with Gasteiger partial charge >= 0.3 is 0 Å². The van der Waals surface area contributed by atoms with Crippen molar-refractivity contribution in [2.45, 2.75) is 26.4 Å². The van der Waals surface area contributed by atoms with E-state index in [1.54, 1.807) is 31.4 Å². The number of ether oxygens (including phenoxy) is 1. The van der Waals surface area contributed by atoms with E-state index < -0.39 is 6.04 Å². The molecule has 4 rings (SSSR count). The summed E-state index contributed by atoms with van der Waals surface area (Å²) in [4.78, 5) is 41.2. The van der Waals surface area contributed by atoms with Crippen LogP contribution in [0.5, 0.6) is 0 Å². The third-order valence-corrected chi connectivity index (χ3v) is 6.01. The van der Waals surface area contributed by atoms with Gasteiger partial charge in [-0.15, -0.1) is 5.10 Å². The maximum Gasteiger partial charge on any atom is 0.249 e. The summed E-state index contributed by atoms with van der Waals surface area (Å²) >= 11 is 0. The van der Waals surface area contributed by atoms with Gasteiger partial charge in [-0.2, -0.15) is 0 Å². The number of para-hydroxylation sites is 1. The van der Waals surface area contributed by atoms with E-state index in [-0.39, 0.29) is 30.7 Å². The Kier molecular flexibility index (Phi) is 8.05. The molecule has 190 valence electrons. The second-order valence-corrected chi connectivity index (χ2v) is 8.70. The molecule has 1 aromatic heterocycles. The van der Waals surface area contributed by atoms with E-state index in [4.69, 9.17) is 4.74 Å². The predicted octanol–water partition coefficient (Wildman–Crippen LogP) is 3.48. The number of nitrogens with one attached hydrogen (secondary N) is 1. The Hall–Kier alpha value is -4.37. The first-order valence-corrected chi connectivity index (χ1v) is 11.9. The molecule has 0 saturated heterocycles. The van der Waals surface area contributed by atoms with Crippen LogP contribution >= 0.6 is 0 Å². The zero-order valence-electron chi connectivity index (χ0n) is 21.0. The van der Waals surface area contributed by atoms with Crippen LogP contribution in [0.1, 0.15) is 34.5 Å². The number of carbonyl (C=O) groups is 3. The zero-order valence-corrected chi connectivity index (χ0v) is 21.0. The Morgan fingerprint density at radius 2 is 1.78 bits per heavy atom. The van der Waals surface area contributed by atoms with E-state index in [1.807, 2.05) is 55.5 Å². The largest absolute Gasteiger partial charge is 0.383 e. The van der Waals surface area contributed by atoms with E-state index in [9.17, 15) is 14.4 Å². The Morgan fingerprint density at radius 3 is 2.51 bits per heavy atom. The average molecular weight is 500 g/mol. The number of aromatic nitrogens is 3. The van der Waals surface area contributed by atoms with Crippen LogP contribution in [0.15, 0.2) is 72.8 Å². The van der Waals surface area contributed by atoms with Gasteiger partial charge in [-0.1, -0.05) is 59.3 Å². The van der Waals surface area contributed by atoms with Crippen molar-refractivity contribution in [3.63, 3.8) is 0 Å². The van der Waals surface area contributed by atoms with E-state index in [0.29, 0.717) is 34.5 Å². The van der Waals surface area contributed by atoms with E-state index in [2.05, 4.69) is 15.6 Å². The van der Waals surface area contributed by atoms with Gasteiger partial charge in [0, 0.05) is 24.9 Å². The summed E-state index contributed by atoms with van der Waals surface area (Å²) in [6.45, 7) is 3.86. The Bertz CT molecular complexity index is 1410. The van der Waals surface area contributed by atoms with Crippen molar-refractivity contribution in [2.75, 3.05) is 25.2 Å². The van der Waals surface area contributed by atoms with Crippen molar-refractivity contribution in [2.24, 2.45) is 0 Å². The molecule has 0 aliphatic carbocycles. The molecule has 1 unspecified atom stereocenters. The molecule has 37 heavy (non-hydrogen) atoms. The highest BCUT2D eigenvalue weighted by Gasteiger charge is 2.33. The molecule has 1 N–H and O–H groups in total. The monoisotopic (exact) mass is 499 g/mol. The number of ketones is 1. The highest BCUT2D eigenvalue weighted by molar-refractivity contribution is 6.03. The maximum absolute atomic E-state index is 14.0. The van der Waals surface area contributed by atoms with Gasteiger partial charge in [0.25, 0.3) is 0 Å². The summed E-state index contributed by atoms with van der Waals surface area (Å²) in [7, 11) is 1.55. The van der Waals surface area contributed by atoms with Gasteiger partial charge in [-0.25, -0.2) is 4.68 Å².